The average molecular weight is 408 g/mol. The number of nitro benzene ring substituents is 1. The lowest BCUT2D eigenvalue weighted by atomic mass is 10.1. The number of nitrogens with zero attached hydrogens (tertiary/aromatic N) is 3. The highest BCUT2D eigenvalue weighted by atomic mass is 35.5. The number of non-ortho nitro benzene ring substituents is 1. The summed E-state index contributed by atoms with van der Waals surface area (Å²) in [4.78, 5) is 29.2. The van der Waals surface area contributed by atoms with Crippen LogP contribution in [-0.2, 0) is 4.79 Å². The Hall–Kier alpha value is -2.75. The molecule has 0 saturated carbocycles. The number of ether oxygens (including phenoxy) is 1. The van der Waals surface area contributed by atoms with Crippen LogP contribution in [-0.4, -0.2) is 54.0 Å². The summed E-state index contributed by atoms with van der Waals surface area (Å²) in [6, 6.07) is 8.03. The number of anilines is 1. The van der Waals surface area contributed by atoms with Gasteiger partial charge in [0.2, 0.25) is 5.91 Å². The van der Waals surface area contributed by atoms with Crippen LogP contribution < -0.4 is 15.4 Å². The molecule has 1 aliphatic heterocycles. The van der Waals surface area contributed by atoms with Gasteiger partial charge in [-0.15, -0.1) is 12.4 Å². The highest BCUT2D eigenvalue weighted by molar-refractivity contribution is 5.94. The molecule has 150 valence electrons. The van der Waals surface area contributed by atoms with E-state index in [-0.39, 0.29) is 42.3 Å². The van der Waals surface area contributed by atoms with Crippen molar-refractivity contribution in [3.05, 3.63) is 58.4 Å². The molecule has 0 spiro atoms. The van der Waals surface area contributed by atoms with Gasteiger partial charge in [-0.05, 0) is 17.7 Å². The molecule has 0 bridgehead atoms. The second-order valence-corrected chi connectivity index (χ2v) is 6.17. The first kappa shape index (κ1) is 21.5. The van der Waals surface area contributed by atoms with E-state index in [2.05, 4.69) is 20.5 Å². The molecule has 1 fully saturated rings. The Balaban J connectivity index is 0.00000280. The van der Waals surface area contributed by atoms with Crippen LogP contribution in [0, 0.1) is 10.1 Å². The van der Waals surface area contributed by atoms with E-state index in [9.17, 15) is 14.9 Å². The number of rotatable bonds is 6. The van der Waals surface area contributed by atoms with E-state index in [0.717, 1.165) is 25.2 Å². The summed E-state index contributed by atoms with van der Waals surface area (Å²) in [6.07, 6.45) is 3.53. The van der Waals surface area contributed by atoms with Crippen molar-refractivity contribution in [2.75, 3.05) is 38.6 Å². The maximum atomic E-state index is 12.6. The molecule has 0 radical (unpaired) electrons. The summed E-state index contributed by atoms with van der Waals surface area (Å²) in [5.74, 6) is 0.0413. The summed E-state index contributed by atoms with van der Waals surface area (Å²) in [5, 5.41) is 17.0. The standard InChI is InChI=1S/C18H21N5O4.ClH/c1-27-17-9-14(23(25)26)4-5-15(17)21-18(24)12-22-8-7-20-11-16(22)13-3-2-6-19-10-13;/h2-6,9-10,16,20H,7-8,11-12H2,1H3,(H,21,24);1H. The molecule has 1 aromatic carbocycles. The third kappa shape index (κ3) is 5.16. The number of amides is 1. The summed E-state index contributed by atoms with van der Waals surface area (Å²) in [5.41, 5.74) is 1.36. The molecule has 1 atom stereocenters. The van der Waals surface area contributed by atoms with E-state index in [4.69, 9.17) is 4.74 Å². The third-order valence-electron chi connectivity index (χ3n) is 4.44. The van der Waals surface area contributed by atoms with Crippen LogP contribution in [0.25, 0.3) is 0 Å². The quantitative estimate of drug-likeness (QED) is 0.556. The van der Waals surface area contributed by atoms with Crippen LogP contribution in [0.3, 0.4) is 0 Å². The fourth-order valence-corrected chi connectivity index (χ4v) is 3.11. The highest BCUT2D eigenvalue weighted by Gasteiger charge is 2.26. The number of hydrogen-bond donors (Lipinski definition) is 2. The number of carbonyl (C=O) groups is 1. The highest BCUT2D eigenvalue weighted by Crippen LogP contribution is 2.29. The number of nitrogens with one attached hydrogen (secondary N) is 2. The molecule has 0 aliphatic carbocycles. The Labute approximate surface area is 168 Å². The van der Waals surface area contributed by atoms with Crippen molar-refractivity contribution in [3.8, 4) is 5.75 Å². The minimum atomic E-state index is -0.507. The second kappa shape index (κ2) is 9.98. The number of nitro groups is 1. The largest absolute Gasteiger partial charge is 0.494 e. The molecule has 2 N–H and O–H groups in total. The third-order valence-corrected chi connectivity index (χ3v) is 4.44. The van der Waals surface area contributed by atoms with E-state index in [1.54, 1.807) is 6.20 Å². The molecule has 3 rings (SSSR count). The first-order valence-corrected chi connectivity index (χ1v) is 8.55. The van der Waals surface area contributed by atoms with Gasteiger partial charge in [0.25, 0.3) is 5.69 Å². The minimum Gasteiger partial charge on any atom is -0.494 e. The molecule has 1 aromatic heterocycles. The van der Waals surface area contributed by atoms with Gasteiger partial charge in [0.05, 0.1) is 30.3 Å². The number of benzene rings is 1. The summed E-state index contributed by atoms with van der Waals surface area (Å²) in [7, 11) is 1.41. The van der Waals surface area contributed by atoms with Gasteiger partial charge in [-0.3, -0.25) is 24.8 Å². The normalized spacial score (nSPS) is 16.7. The van der Waals surface area contributed by atoms with Gasteiger partial charge in [-0.1, -0.05) is 6.07 Å². The number of pyridine rings is 1. The van der Waals surface area contributed by atoms with Crippen LogP contribution in [0.4, 0.5) is 11.4 Å². The van der Waals surface area contributed by atoms with Crippen molar-refractivity contribution < 1.29 is 14.5 Å². The molecule has 1 amide bonds. The van der Waals surface area contributed by atoms with E-state index < -0.39 is 4.92 Å². The summed E-state index contributed by atoms with van der Waals surface area (Å²) < 4.78 is 5.17. The van der Waals surface area contributed by atoms with Gasteiger partial charge in [-0.2, -0.15) is 0 Å². The van der Waals surface area contributed by atoms with Gasteiger partial charge in [0.15, 0.2) is 0 Å². The fourth-order valence-electron chi connectivity index (χ4n) is 3.11. The molecule has 2 heterocycles. The number of hydrogen-bond acceptors (Lipinski definition) is 7. The lowest BCUT2D eigenvalue weighted by Gasteiger charge is -2.35. The van der Waals surface area contributed by atoms with Crippen molar-refractivity contribution in [3.63, 3.8) is 0 Å². The maximum absolute atomic E-state index is 12.6. The Morgan fingerprint density at radius 2 is 2.29 bits per heavy atom. The van der Waals surface area contributed by atoms with Gasteiger partial charge in [-0.25, -0.2) is 0 Å². The molecule has 2 aromatic rings. The lowest BCUT2D eigenvalue weighted by Crippen LogP contribution is -2.48. The van der Waals surface area contributed by atoms with E-state index in [0.29, 0.717) is 5.69 Å². The Kier molecular flexibility index (Phi) is 7.68. The first-order chi connectivity index (χ1) is 13.1. The Morgan fingerprint density at radius 1 is 1.46 bits per heavy atom. The molecule has 9 nitrogen and oxygen atoms in total. The fraction of sp³-hybridized carbons (Fsp3) is 0.333. The molecule has 1 saturated heterocycles. The smallest absolute Gasteiger partial charge is 0.273 e. The zero-order valence-electron chi connectivity index (χ0n) is 15.3. The molecule has 28 heavy (non-hydrogen) atoms. The van der Waals surface area contributed by atoms with Gasteiger partial charge < -0.3 is 15.4 Å². The summed E-state index contributed by atoms with van der Waals surface area (Å²) >= 11 is 0. The van der Waals surface area contributed by atoms with E-state index in [1.807, 2.05) is 18.3 Å². The van der Waals surface area contributed by atoms with Crippen LogP contribution in [0.15, 0.2) is 42.7 Å². The van der Waals surface area contributed by atoms with Crippen molar-refractivity contribution in [1.82, 2.24) is 15.2 Å². The van der Waals surface area contributed by atoms with Crippen LogP contribution in [0.1, 0.15) is 11.6 Å². The summed E-state index contributed by atoms with van der Waals surface area (Å²) in [6.45, 7) is 2.45. The van der Waals surface area contributed by atoms with Crippen molar-refractivity contribution in [2.45, 2.75) is 6.04 Å². The van der Waals surface area contributed by atoms with Crippen LogP contribution in [0.5, 0.6) is 5.75 Å². The zero-order valence-corrected chi connectivity index (χ0v) is 16.1. The maximum Gasteiger partial charge on any atom is 0.273 e. The number of methoxy groups -OCH3 is 1. The lowest BCUT2D eigenvalue weighted by molar-refractivity contribution is -0.384. The Morgan fingerprint density at radius 3 is 2.96 bits per heavy atom. The Bertz CT molecular complexity index is 821. The molecule has 1 aliphatic rings. The van der Waals surface area contributed by atoms with Crippen molar-refractivity contribution >= 4 is 29.7 Å². The van der Waals surface area contributed by atoms with Crippen molar-refractivity contribution in [2.24, 2.45) is 0 Å². The molecule has 10 heteroatoms. The monoisotopic (exact) mass is 407 g/mol. The zero-order chi connectivity index (χ0) is 19.2. The number of halogens is 1. The topological polar surface area (TPSA) is 110 Å². The van der Waals surface area contributed by atoms with E-state index in [1.165, 1.54) is 25.3 Å². The van der Waals surface area contributed by atoms with Gasteiger partial charge in [0, 0.05) is 44.1 Å². The molecular weight excluding hydrogens is 386 g/mol. The number of aromatic nitrogens is 1. The van der Waals surface area contributed by atoms with Crippen molar-refractivity contribution in [1.29, 1.82) is 0 Å². The minimum absolute atomic E-state index is 0. The second-order valence-electron chi connectivity index (χ2n) is 6.17. The predicted octanol–water partition coefficient (Wildman–Crippen LogP) is 2.01. The predicted molar refractivity (Wildman–Crippen MR) is 107 cm³/mol. The van der Waals surface area contributed by atoms with Gasteiger partial charge >= 0.3 is 0 Å². The molecular formula is C18H22ClN5O4. The SMILES string of the molecule is COc1cc([N+](=O)[O-])ccc1NC(=O)CN1CCNCC1c1cccnc1.Cl. The molecule has 1 unspecified atom stereocenters. The van der Waals surface area contributed by atoms with Crippen LogP contribution >= 0.6 is 12.4 Å². The van der Waals surface area contributed by atoms with E-state index >= 15 is 0 Å². The number of piperazine rings is 1. The first-order valence-electron chi connectivity index (χ1n) is 8.55. The van der Waals surface area contributed by atoms with Crippen LogP contribution in [0.2, 0.25) is 0 Å². The number of carbonyl (C=O) groups excluding carboxylic acids is 1. The van der Waals surface area contributed by atoms with Gasteiger partial charge in [0.1, 0.15) is 5.75 Å². The average Bonchev–Trinajstić information content (AvgIpc) is 2.69.